The number of aromatic nitrogens is 3. The van der Waals surface area contributed by atoms with Gasteiger partial charge >= 0.3 is 0 Å². The molecule has 0 fully saturated rings. The minimum Gasteiger partial charge on any atom is -0.497 e. The zero-order valence-electron chi connectivity index (χ0n) is 22.3. The Bertz CT molecular complexity index is 1450. The quantitative estimate of drug-likeness (QED) is 0.166. The summed E-state index contributed by atoms with van der Waals surface area (Å²) in [6.07, 6.45) is 1.49. The van der Waals surface area contributed by atoms with Crippen LogP contribution in [0, 0.1) is 6.92 Å². The van der Waals surface area contributed by atoms with E-state index in [1.165, 1.54) is 32.2 Å². The number of thioether (sulfide) groups is 1. The van der Waals surface area contributed by atoms with Crippen molar-refractivity contribution in [3.8, 4) is 40.1 Å². The smallest absolute Gasteiger partial charge is 0.250 e. The summed E-state index contributed by atoms with van der Waals surface area (Å²) in [5, 5.41) is 13.5. The average Bonchev–Trinajstić information content (AvgIpc) is 3.40. The molecule has 0 aliphatic carbocycles. The van der Waals surface area contributed by atoms with Crippen molar-refractivity contribution in [2.75, 3.05) is 34.2 Å². The summed E-state index contributed by atoms with van der Waals surface area (Å²) in [7, 11) is 6.21. The lowest BCUT2D eigenvalue weighted by atomic mass is 10.2. The third kappa shape index (κ3) is 6.32. The van der Waals surface area contributed by atoms with Gasteiger partial charge in [0.25, 0.3) is 5.91 Å². The van der Waals surface area contributed by atoms with Gasteiger partial charge in [-0.05, 0) is 55.5 Å². The van der Waals surface area contributed by atoms with Crippen molar-refractivity contribution in [1.29, 1.82) is 0 Å². The van der Waals surface area contributed by atoms with E-state index in [1.54, 1.807) is 26.4 Å². The van der Waals surface area contributed by atoms with Gasteiger partial charge in [-0.1, -0.05) is 29.5 Å². The fourth-order valence-electron chi connectivity index (χ4n) is 3.78. The van der Waals surface area contributed by atoms with Gasteiger partial charge in [-0.15, -0.1) is 10.2 Å². The monoisotopic (exact) mass is 547 g/mol. The number of benzene rings is 3. The van der Waals surface area contributed by atoms with Gasteiger partial charge in [0.05, 0.1) is 40.4 Å². The van der Waals surface area contributed by atoms with Crippen LogP contribution in [-0.2, 0) is 4.79 Å². The van der Waals surface area contributed by atoms with Crippen LogP contribution in [0.15, 0.2) is 70.9 Å². The Labute approximate surface area is 231 Å². The molecule has 4 aromatic rings. The van der Waals surface area contributed by atoms with Crippen molar-refractivity contribution in [2.45, 2.75) is 12.1 Å². The maximum atomic E-state index is 12.6. The lowest BCUT2D eigenvalue weighted by Gasteiger charge is -2.13. The van der Waals surface area contributed by atoms with Gasteiger partial charge in [0.1, 0.15) is 5.75 Å². The van der Waals surface area contributed by atoms with E-state index in [4.69, 9.17) is 18.9 Å². The molecule has 0 radical (unpaired) electrons. The number of carbonyl (C=O) groups excluding carboxylic acids is 1. The van der Waals surface area contributed by atoms with Crippen LogP contribution in [0.1, 0.15) is 11.1 Å². The van der Waals surface area contributed by atoms with E-state index in [1.807, 2.05) is 60.0 Å². The van der Waals surface area contributed by atoms with E-state index < -0.39 is 0 Å². The van der Waals surface area contributed by atoms with Crippen LogP contribution >= 0.6 is 11.8 Å². The second-order valence-corrected chi connectivity index (χ2v) is 9.15. The number of methoxy groups -OCH3 is 4. The summed E-state index contributed by atoms with van der Waals surface area (Å²) in [5.41, 5.74) is 6.06. The van der Waals surface area contributed by atoms with Crippen LogP contribution in [0.3, 0.4) is 0 Å². The van der Waals surface area contributed by atoms with Crippen LogP contribution in [0.4, 0.5) is 0 Å². The Morgan fingerprint density at radius 3 is 2.26 bits per heavy atom. The van der Waals surface area contributed by atoms with E-state index in [0.29, 0.717) is 33.8 Å². The predicted octanol–water partition coefficient (Wildman–Crippen LogP) is 4.52. The van der Waals surface area contributed by atoms with Crippen molar-refractivity contribution in [2.24, 2.45) is 5.10 Å². The molecule has 3 aromatic carbocycles. The second kappa shape index (κ2) is 12.8. The van der Waals surface area contributed by atoms with Crippen molar-refractivity contribution in [3.63, 3.8) is 0 Å². The van der Waals surface area contributed by atoms with Gasteiger partial charge in [-0.2, -0.15) is 5.10 Å². The number of hydrazone groups is 1. The van der Waals surface area contributed by atoms with E-state index in [0.717, 1.165) is 22.6 Å². The average molecular weight is 548 g/mol. The molecule has 1 heterocycles. The molecular formula is C28H29N5O5S. The molecule has 0 aliphatic heterocycles. The van der Waals surface area contributed by atoms with Crippen LogP contribution < -0.4 is 24.4 Å². The highest BCUT2D eigenvalue weighted by atomic mass is 32.2. The first kappa shape index (κ1) is 27.5. The summed E-state index contributed by atoms with van der Waals surface area (Å²) >= 11 is 1.26. The summed E-state index contributed by atoms with van der Waals surface area (Å²) in [5.74, 6) is 2.59. The maximum Gasteiger partial charge on any atom is 0.250 e. The number of rotatable bonds is 11. The largest absolute Gasteiger partial charge is 0.497 e. The minimum absolute atomic E-state index is 0.0764. The highest BCUT2D eigenvalue weighted by molar-refractivity contribution is 7.99. The van der Waals surface area contributed by atoms with Gasteiger partial charge in [0, 0.05) is 16.8 Å². The van der Waals surface area contributed by atoms with Gasteiger partial charge in [0.2, 0.25) is 5.75 Å². The first-order valence-corrected chi connectivity index (χ1v) is 12.9. The Kier molecular flexibility index (Phi) is 9.06. The van der Waals surface area contributed by atoms with Crippen LogP contribution in [0.25, 0.3) is 17.1 Å². The Balaban J connectivity index is 1.51. The summed E-state index contributed by atoms with van der Waals surface area (Å²) < 4.78 is 23.3. The Morgan fingerprint density at radius 2 is 1.62 bits per heavy atom. The molecule has 10 nitrogen and oxygen atoms in total. The zero-order valence-corrected chi connectivity index (χ0v) is 23.1. The number of nitrogens with one attached hydrogen (secondary N) is 1. The van der Waals surface area contributed by atoms with Crippen molar-refractivity contribution < 1.29 is 23.7 Å². The molecule has 0 saturated carbocycles. The zero-order chi connectivity index (χ0) is 27.8. The fraction of sp³-hybridized carbons (Fsp3) is 0.214. The van der Waals surface area contributed by atoms with Crippen LogP contribution in [-0.4, -0.2) is 61.1 Å². The molecule has 0 saturated heterocycles. The molecule has 202 valence electrons. The van der Waals surface area contributed by atoms with Crippen molar-refractivity contribution in [3.05, 3.63) is 71.8 Å². The highest BCUT2D eigenvalue weighted by Crippen LogP contribution is 2.39. The SMILES string of the molecule is COc1ccc(-c2nnc(SCC(=O)N/N=C/c3ccc(OC)c(OC)c3OC)n2-c2ccc(C)cc2)cc1. The Morgan fingerprint density at radius 1 is 0.897 bits per heavy atom. The number of hydrogen-bond acceptors (Lipinski definition) is 9. The fourth-order valence-corrected chi connectivity index (χ4v) is 4.52. The topological polar surface area (TPSA) is 109 Å². The molecule has 0 spiro atoms. The van der Waals surface area contributed by atoms with Gasteiger partial charge in [0.15, 0.2) is 22.5 Å². The summed E-state index contributed by atoms with van der Waals surface area (Å²) in [6, 6.07) is 19.1. The molecule has 1 N–H and O–H groups in total. The molecule has 1 amide bonds. The summed E-state index contributed by atoms with van der Waals surface area (Å²) in [4.78, 5) is 12.6. The molecule has 39 heavy (non-hydrogen) atoms. The summed E-state index contributed by atoms with van der Waals surface area (Å²) in [6.45, 7) is 2.03. The van der Waals surface area contributed by atoms with E-state index >= 15 is 0 Å². The normalized spacial score (nSPS) is 10.9. The molecule has 11 heteroatoms. The van der Waals surface area contributed by atoms with Crippen LogP contribution in [0.5, 0.6) is 23.0 Å². The van der Waals surface area contributed by atoms with E-state index in [-0.39, 0.29) is 11.7 Å². The number of hydrogen-bond donors (Lipinski definition) is 1. The lowest BCUT2D eigenvalue weighted by Crippen LogP contribution is -2.20. The predicted molar refractivity (Wildman–Crippen MR) is 151 cm³/mol. The molecule has 0 aliphatic rings. The van der Waals surface area contributed by atoms with E-state index in [2.05, 4.69) is 20.7 Å². The molecule has 4 rings (SSSR count). The first-order valence-electron chi connectivity index (χ1n) is 11.9. The molecular weight excluding hydrogens is 518 g/mol. The first-order chi connectivity index (χ1) is 19.0. The number of nitrogens with zero attached hydrogens (tertiary/aromatic N) is 4. The number of carbonyl (C=O) groups is 1. The van der Waals surface area contributed by atoms with Gasteiger partial charge < -0.3 is 18.9 Å². The number of ether oxygens (including phenoxy) is 4. The second-order valence-electron chi connectivity index (χ2n) is 8.21. The van der Waals surface area contributed by atoms with E-state index in [9.17, 15) is 4.79 Å². The number of aryl methyl sites for hydroxylation is 1. The molecule has 0 bridgehead atoms. The standard InChI is InChI=1S/C28H29N5O5S/c1-18-6-11-21(12-7-18)33-27(19-8-13-22(35-2)14-9-19)31-32-28(33)39-17-24(34)30-29-16-20-10-15-23(36-3)26(38-5)25(20)37-4/h6-16H,17H2,1-5H3,(H,30,34)/b29-16+. The maximum absolute atomic E-state index is 12.6. The molecule has 1 aromatic heterocycles. The minimum atomic E-state index is -0.305. The highest BCUT2D eigenvalue weighted by Gasteiger charge is 2.18. The third-order valence-corrected chi connectivity index (χ3v) is 6.66. The lowest BCUT2D eigenvalue weighted by molar-refractivity contribution is -0.118. The molecule has 0 atom stereocenters. The third-order valence-electron chi connectivity index (χ3n) is 5.73. The van der Waals surface area contributed by atoms with Crippen LogP contribution in [0.2, 0.25) is 0 Å². The van der Waals surface area contributed by atoms with Gasteiger partial charge in [-0.3, -0.25) is 9.36 Å². The van der Waals surface area contributed by atoms with Crippen molar-refractivity contribution >= 4 is 23.9 Å². The van der Waals surface area contributed by atoms with Crippen molar-refractivity contribution in [1.82, 2.24) is 20.2 Å². The Hall–Kier alpha value is -4.51. The molecule has 0 unspecified atom stereocenters. The van der Waals surface area contributed by atoms with Gasteiger partial charge in [-0.25, -0.2) is 5.43 Å². The number of amides is 1.